The molecule has 0 aromatic heterocycles. The van der Waals surface area contributed by atoms with E-state index in [0.29, 0.717) is 17.2 Å². The lowest BCUT2D eigenvalue weighted by molar-refractivity contribution is 0.317. The molecule has 0 saturated carbocycles. The molecule has 0 aliphatic carbocycles. The Labute approximate surface area is 121 Å². The number of ether oxygens (including phenoxy) is 3. The zero-order chi connectivity index (χ0) is 15.0. The smallest absolute Gasteiger partial charge is 0.203 e. The second kappa shape index (κ2) is 8.56. The van der Waals surface area contributed by atoms with Crippen molar-refractivity contribution in [3.8, 4) is 23.0 Å². The summed E-state index contributed by atoms with van der Waals surface area (Å²) in [5.74, 6) is 1.79. The van der Waals surface area contributed by atoms with E-state index in [1.165, 1.54) is 19.3 Å². The summed E-state index contributed by atoms with van der Waals surface area (Å²) >= 11 is 0. The molecule has 0 saturated heterocycles. The van der Waals surface area contributed by atoms with E-state index in [0.717, 1.165) is 24.8 Å². The Kier molecular flexibility index (Phi) is 7.05. The van der Waals surface area contributed by atoms with E-state index >= 15 is 0 Å². The number of benzene rings is 1. The molecule has 0 fully saturated rings. The van der Waals surface area contributed by atoms with Gasteiger partial charge in [-0.2, -0.15) is 0 Å². The van der Waals surface area contributed by atoms with Crippen LogP contribution in [0.4, 0.5) is 0 Å². The van der Waals surface area contributed by atoms with E-state index < -0.39 is 0 Å². The van der Waals surface area contributed by atoms with E-state index in [-0.39, 0.29) is 5.75 Å². The first kappa shape index (κ1) is 16.5. The largest absolute Gasteiger partial charge is 0.507 e. The minimum atomic E-state index is 0.204. The van der Waals surface area contributed by atoms with Gasteiger partial charge in [0, 0.05) is 11.6 Å². The highest BCUT2D eigenvalue weighted by atomic mass is 16.5. The van der Waals surface area contributed by atoms with Crippen molar-refractivity contribution >= 4 is 0 Å². The van der Waals surface area contributed by atoms with E-state index in [9.17, 15) is 5.11 Å². The quantitative estimate of drug-likeness (QED) is 0.697. The van der Waals surface area contributed by atoms with Gasteiger partial charge in [0.15, 0.2) is 11.5 Å². The van der Waals surface area contributed by atoms with Crippen molar-refractivity contribution in [1.29, 1.82) is 0 Å². The third kappa shape index (κ3) is 3.95. The predicted molar refractivity (Wildman–Crippen MR) is 80.2 cm³/mol. The topological polar surface area (TPSA) is 47.9 Å². The summed E-state index contributed by atoms with van der Waals surface area (Å²) < 4.78 is 15.9. The Morgan fingerprint density at radius 1 is 0.900 bits per heavy atom. The van der Waals surface area contributed by atoms with Gasteiger partial charge in [0.05, 0.1) is 21.3 Å². The Bertz CT molecular complexity index is 415. The molecular weight excluding hydrogens is 256 g/mol. The molecule has 0 radical (unpaired) electrons. The highest BCUT2D eigenvalue weighted by Gasteiger charge is 2.19. The van der Waals surface area contributed by atoms with Gasteiger partial charge in [-0.1, -0.05) is 32.6 Å². The van der Waals surface area contributed by atoms with Gasteiger partial charge in [0.2, 0.25) is 5.75 Å². The van der Waals surface area contributed by atoms with Gasteiger partial charge in [0.1, 0.15) is 5.75 Å². The van der Waals surface area contributed by atoms with E-state index in [4.69, 9.17) is 14.2 Å². The van der Waals surface area contributed by atoms with Crippen LogP contribution < -0.4 is 14.2 Å². The third-order valence-electron chi connectivity index (χ3n) is 3.44. The van der Waals surface area contributed by atoms with Gasteiger partial charge in [-0.05, 0) is 12.8 Å². The van der Waals surface area contributed by atoms with Crippen molar-refractivity contribution in [3.63, 3.8) is 0 Å². The van der Waals surface area contributed by atoms with Crippen molar-refractivity contribution in [1.82, 2.24) is 0 Å². The van der Waals surface area contributed by atoms with Gasteiger partial charge in [-0.25, -0.2) is 0 Å². The Hall–Kier alpha value is -1.58. The van der Waals surface area contributed by atoms with Gasteiger partial charge >= 0.3 is 0 Å². The average Bonchev–Trinajstić information content (AvgIpc) is 2.47. The van der Waals surface area contributed by atoms with Crippen molar-refractivity contribution in [2.24, 2.45) is 0 Å². The molecule has 114 valence electrons. The average molecular weight is 282 g/mol. The zero-order valence-corrected chi connectivity index (χ0v) is 13.0. The van der Waals surface area contributed by atoms with Crippen molar-refractivity contribution in [3.05, 3.63) is 11.6 Å². The van der Waals surface area contributed by atoms with Crippen LogP contribution in [0.15, 0.2) is 6.07 Å². The number of hydrogen-bond donors (Lipinski definition) is 1. The molecule has 0 amide bonds. The van der Waals surface area contributed by atoms with Gasteiger partial charge in [-0.15, -0.1) is 0 Å². The van der Waals surface area contributed by atoms with E-state index in [2.05, 4.69) is 6.92 Å². The molecule has 1 rings (SSSR count). The second-order valence-corrected chi connectivity index (χ2v) is 4.81. The van der Waals surface area contributed by atoms with Crippen LogP contribution in [-0.4, -0.2) is 26.4 Å². The van der Waals surface area contributed by atoms with Crippen LogP contribution in [0.1, 0.15) is 44.6 Å². The molecule has 0 heterocycles. The molecular formula is C16H26O4. The van der Waals surface area contributed by atoms with Crippen LogP contribution in [0.25, 0.3) is 0 Å². The lowest BCUT2D eigenvalue weighted by atomic mass is 10.0. The minimum Gasteiger partial charge on any atom is -0.507 e. The van der Waals surface area contributed by atoms with Crippen molar-refractivity contribution in [2.75, 3.05) is 21.3 Å². The molecule has 0 spiro atoms. The second-order valence-electron chi connectivity index (χ2n) is 4.81. The molecule has 0 unspecified atom stereocenters. The third-order valence-corrected chi connectivity index (χ3v) is 3.44. The standard InChI is InChI=1S/C16H26O4/c1-5-6-7-8-9-10-12-13(17)11-14(18-2)16(20-4)15(12)19-3/h11,17H,5-10H2,1-4H3. The molecule has 1 N–H and O–H groups in total. The highest BCUT2D eigenvalue weighted by molar-refractivity contribution is 5.61. The molecule has 1 aromatic carbocycles. The number of phenols is 1. The molecule has 0 atom stereocenters. The summed E-state index contributed by atoms with van der Waals surface area (Å²) in [6.45, 7) is 2.20. The Morgan fingerprint density at radius 2 is 1.55 bits per heavy atom. The summed E-state index contributed by atoms with van der Waals surface area (Å²) in [7, 11) is 4.70. The van der Waals surface area contributed by atoms with Gasteiger partial charge in [-0.3, -0.25) is 0 Å². The van der Waals surface area contributed by atoms with Crippen LogP contribution in [0.2, 0.25) is 0 Å². The van der Waals surface area contributed by atoms with E-state index in [1.807, 2.05) is 0 Å². The zero-order valence-electron chi connectivity index (χ0n) is 13.0. The fourth-order valence-electron chi connectivity index (χ4n) is 2.35. The summed E-state index contributed by atoms with van der Waals surface area (Å²) in [6.07, 6.45) is 6.68. The maximum absolute atomic E-state index is 10.1. The normalized spacial score (nSPS) is 10.4. The Balaban J connectivity index is 2.88. The molecule has 4 nitrogen and oxygen atoms in total. The lowest BCUT2D eigenvalue weighted by Crippen LogP contribution is -2.00. The molecule has 0 bridgehead atoms. The SMILES string of the molecule is CCCCCCCc1c(O)cc(OC)c(OC)c1OC. The molecule has 1 aromatic rings. The highest BCUT2D eigenvalue weighted by Crippen LogP contribution is 2.45. The van der Waals surface area contributed by atoms with Crippen LogP contribution in [0.3, 0.4) is 0 Å². The molecule has 4 heteroatoms. The van der Waals surface area contributed by atoms with Gasteiger partial charge < -0.3 is 19.3 Å². The monoisotopic (exact) mass is 282 g/mol. The van der Waals surface area contributed by atoms with E-state index in [1.54, 1.807) is 27.4 Å². The summed E-state index contributed by atoms with van der Waals surface area (Å²) in [5.41, 5.74) is 0.793. The van der Waals surface area contributed by atoms with Crippen LogP contribution in [0, 0.1) is 0 Å². The first-order valence-electron chi connectivity index (χ1n) is 7.20. The number of phenolic OH excluding ortho intramolecular Hbond substituents is 1. The number of rotatable bonds is 9. The fourth-order valence-corrected chi connectivity index (χ4v) is 2.35. The minimum absolute atomic E-state index is 0.204. The number of aromatic hydroxyl groups is 1. The maximum Gasteiger partial charge on any atom is 0.203 e. The van der Waals surface area contributed by atoms with Crippen molar-refractivity contribution in [2.45, 2.75) is 45.4 Å². The molecule has 20 heavy (non-hydrogen) atoms. The molecule has 0 aliphatic rings. The van der Waals surface area contributed by atoms with Crippen LogP contribution >= 0.6 is 0 Å². The number of methoxy groups -OCH3 is 3. The molecule has 0 aliphatic heterocycles. The number of unbranched alkanes of at least 4 members (excludes halogenated alkanes) is 4. The number of hydrogen-bond acceptors (Lipinski definition) is 4. The summed E-state index contributed by atoms with van der Waals surface area (Å²) in [5, 5.41) is 10.1. The van der Waals surface area contributed by atoms with Crippen LogP contribution in [0.5, 0.6) is 23.0 Å². The van der Waals surface area contributed by atoms with Gasteiger partial charge in [0.25, 0.3) is 0 Å². The maximum atomic E-state index is 10.1. The van der Waals surface area contributed by atoms with Crippen LogP contribution in [-0.2, 0) is 6.42 Å². The summed E-state index contributed by atoms with van der Waals surface area (Å²) in [6, 6.07) is 1.59. The Morgan fingerprint density at radius 3 is 2.10 bits per heavy atom. The lowest BCUT2D eigenvalue weighted by Gasteiger charge is -2.17. The summed E-state index contributed by atoms with van der Waals surface area (Å²) in [4.78, 5) is 0. The fraction of sp³-hybridized carbons (Fsp3) is 0.625. The first-order valence-corrected chi connectivity index (χ1v) is 7.20. The first-order chi connectivity index (χ1) is 9.69. The van der Waals surface area contributed by atoms with Crippen molar-refractivity contribution < 1.29 is 19.3 Å². The predicted octanol–water partition coefficient (Wildman–Crippen LogP) is 3.93.